The maximum atomic E-state index is 13.0. The van der Waals surface area contributed by atoms with E-state index in [0.717, 1.165) is 42.5 Å². The first-order valence-corrected chi connectivity index (χ1v) is 12.0. The number of rotatable bonds is 5. The van der Waals surface area contributed by atoms with E-state index in [1.165, 1.54) is 16.7 Å². The van der Waals surface area contributed by atoms with Crippen molar-refractivity contribution in [3.8, 4) is 0 Å². The van der Waals surface area contributed by atoms with Crippen molar-refractivity contribution in [2.24, 2.45) is 0 Å². The molecule has 0 saturated heterocycles. The molecule has 4 heteroatoms. The standard InChI is InChI=1S/C28H36N2O2/c1-17(2)20-7-9-26-23(14-20)16-24(29(6)27(26)31)13-19(5)21-8-10-25-22(15-21)11-12-30(18(3)4)28(25)32/h7-10,14-15,17-19,24H,11-13,16H2,1-6H3. The summed E-state index contributed by atoms with van der Waals surface area (Å²) in [6.07, 6.45) is 2.72. The topological polar surface area (TPSA) is 40.6 Å². The van der Waals surface area contributed by atoms with E-state index < -0.39 is 0 Å². The quantitative estimate of drug-likeness (QED) is 0.634. The van der Waals surface area contributed by atoms with Gasteiger partial charge in [0.25, 0.3) is 11.8 Å². The fourth-order valence-corrected chi connectivity index (χ4v) is 5.21. The van der Waals surface area contributed by atoms with Crippen molar-refractivity contribution in [3.63, 3.8) is 0 Å². The summed E-state index contributed by atoms with van der Waals surface area (Å²) in [5.74, 6) is 1.05. The van der Waals surface area contributed by atoms with Gasteiger partial charge in [-0.1, -0.05) is 45.0 Å². The average Bonchev–Trinajstić information content (AvgIpc) is 2.76. The van der Waals surface area contributed by atoms with Crippen LogP contribution in [0.4, 0.5) is 0 Å². The number of likely N-dealkylation sites (N-methyl/N-ethyl adjacent to an activating group) is 1. The van der Waals surface area contributed by atoms with Crippen molar-refractivity contribution in [2.75, 3.05) is 13.6 Å². The molecule has 0 saturated carbocycles. The predicted octanol–water partition coefficient (Wildman–Crippen LogP) is 5.41. The molecule has 2 unspecified atom stereocenters. The van der Waals surface area contributed by atoms with Gasteiger partial charge in [-0.15, -0.1) is 0 Å². The molecule has 2 amide bonds. The summed E-state index contributed by atoms with van der Waals surface area (Å²) in [6.45, 7) is 11.6. The van der Waals surface area contributed by atoms with Gasteiger partial charge in [-0.2, -0.15) is 0 Å². The Bertz CT molecular complexity index is 1040. The second-order valence-electron chi connectivity index (χ2n) is 10.2. The van der Waals surface area contributed by atoms with Crippen LogP contribution in [0.1, 0.15) is 95.8 Å². The molecule has 170 valence electrons. The third-order valence-corrected chi connectivity index (χ3v) is 7.41. The van der Waals surface area contributed by atoms with E-state index in [4.69, 9.17) is 0 Å². The number of hydrogen-bond acceptors (Lipinski definition) is 2. The maximum absolute atomic E-state index is 13.0. The van der Waals surface area contributed by atoms with Crippen LogP contribution in [0, 0.1) is 0 Å². The molecule has 2 atom stereocenters. The van der Waals surface area contributed by atoms with Gasteiger partial charge in [0.1, 0.15) is 0 Å². The number of benzene rings is 2. The zero-order chi connectivity index (χ0) is 23.2. The minimum atomic E-state index is 0.128. The summed E-state index contributed by atoms with van der Waals surface area (Å²) in [4.78, 5) is 29.7. The Hall–Kier alpha value is -2.62. The second-order valence-corrected chi connectivity index (χ2v) is 10.2. The van der Waals surface area contributed by atoms with Gasteiger partial charge in [0.2, 0.25) is 0 Å². The summed E-state index contributed by atoms with van der Waals surface area (Å²) in [6, 6.07) is 13.1. The molecule has 2 aromatic rings. The molecule has 32 heavy (non-hydrogen) atoms. The molecule has 0 aromatic heterocycles. The molecule has 4 rings (SSSR count). The Balaban J connectivity index is 1.53. The van der Waals surface area contributed by atoms with E-state index in [0.29, 0.717) is 11.8 Å². The SMILES string of the molecule is CC(C)c1ccc2c(c1)CC(CC(C)c1ccc3c(c1)CCN(C(C)C)C3=O)N(C)C2=O. The van der Waals surface area contributed by atoms with Crippen LogP contribution in [-0.4, -0.2) is 47.3 Å². The van der Waals surface area contributed by atoms with Crippen LogP contribution >= 0.6 is 0 Å². The third-order valence-electron chi connectivity index (χ3n) is 7.41. The lowest BCUT2D eigenvalue weighted by Gasteiger charge is -2.36. The molecule has 2 heterocycles. The van der Waals surface area contributed by atoms with E-state index in [1.807, 2.05) is 29.0 Å². The van der Waals surface area contributed by atoms with Gasteiger partial charge < -0.3 is 9.80 Å². The van der Waals surface area contributed by atoms with Gasteiger partial charge in [-0.25, -0.2) is 0 Å². The highest BCUT2D eigenvalue weighted by molar-refractivity contribution is 5.97. The normalized spacial score (nSPS) is 19.4. The van der Waals surface area contributed by atoms with Crippen LogP contribution in [0.3, 0.4) is 0 Å². The molecule has 0 N–H and O–H groups in total. The number of fused-ring (bicyclic) bond motifs is 2. The van der Waals surface area contributed by atoms with Crippen molar-refractivity contribution >= 4 is 11.8 Å². The van der Waals surface area contributed by atoms with E-state index >= 15 is 0 Å². The number of amides is 2. The highest BCUT2D eigenvalue weighted by atomic mass is 16.2. The van der Waals surface area contributed by atoms with Gasteiger partial charge in [-0.3, -0.25) is 9.59 Å². The minimum Gasteiger partial charge on any atom is -0.338 e. The van der Waals surface area contributed by atoms with Gasteiger partial charge in [0.15, 0.2) is 0 Å². The summed E-state index contributed by atoms with van der Waals surface area (Å²) < 4.78 is 0. The lowest BCUT2D eigenvalue weighted by Crippen LogP contribution is -2.43. The summed E-state index contributed by atoms with van der Waals surface area (Å²) >= 11 is 0. The van der Waals surface area contributed by atoms with Crippen molar-refractivity contribution in [1.29, 1.82) is 0 Å². The number of carbonyl (C=O) groups is 2. The molecule has 2 aliphatic rings. The van der Waals surface area contributed by atoms with Gasteiger partial charge >= 0.3 is 0 Å². The monoisotopic (exact) mass is 432 g/mol. The van der Waals surface area contributed by atoms with Crippen LogP contribution in [0.5, 0.6) is 0 Å². The Morgan fingerprint density at radius 3 is 2.16 bits per heavy atom. The predicted molar refractivity (Wildman–Crippen MR) is 129 cm³/mol. The molecule has 0 spiro atoms. The molecule has 0 radical (unpaired) electrons. The van der Waals surface area contributed by atoms with Crippen LogP contribution in [-0.2, 0) is 12.8 Å². The van der Waals surface area contributed by atoms with Crippen LogP contribution in [0.2, 0.25) is 0 Å². The van der Waals surface area contributed by atoms with Gasteiger partial charge in [-0.05, 0) is 79.3 Å². The lowest BCUT2D eigenvalue weighted by atomic mass is 9.84. The Labute approximate surface area is 192 Å². The molecule has 0 bridgehead atoms. The van der Waals surface area contributed by atoms with E-state index in [-0.39, 0.29) is 23.9 Å². The summed E-state index contributed by atoms with van der Waals surface area (Å²) in [5, 5.41) is 0. The number of nitrogens with zero attached hydrogens (tertiary/aromatic N) is 2. The average molecular weight is 433 g/mol. The Morgan fingerprint density at radius 1 is 0.875 bits per heavy atom. The molecule has 2 aromatic carbocycles. The third kappa shape index (κ3) is 4.07. The van der Waals surface area contributed by atoms with Crippen molar-refractivity contribution in [3.05, 3.63) is 69.8 Å². The van der Waals surface area contributed by atoms with Crippen LogP contribution in [0.25, 0.3) is 0 Å². The highest BCUT2D eigenvalue weighted by Crippen LogP contribution is 2.32. The molecule has 4 nitrogen and oxygen atoms in total. The van der Waals surface area contributed by atoms with Crippen molar-refractivity contribution < 1.29 is 9.59 Å². The van der Waals surface area contributed by atoms with Gasteiger partial charge in [0.05, 0.1) is 0 Å². The van der Waals surface area contributed by atoms with E-state index in [1.54, 1.807) is 0 Å². The lowest BCUT2D eigenvalue weighted by molar-refractivity contribution is 0.0680. The summed E-state index contributed by atoms with van der Waals surface area (Å²) in [7, 11) is 1.94. The Kier molecular flexibility index (Phi) is 6.15. The number of hydrogen-bond donors (Lipinski definition) is 0. The molecule has 0 aliphatic carbocycles. The Morgan fingerprint density at radius 2 is 1.50 bits per heavy atom. The fourth-order valence-electron chi connectivity index (χ4n) is 5.21. The van der Waals surface area contributed by atoms with Crippen molar-refractivity contribution in [2.45, 2.75) is 77.8 Å². The van der Waals surface area contributed by atoms with Crippen molar-refractivity contribution in [1.82, 2.24) is 9.80 Å². The zero-order valence-electron chi connectivity index (χ0n) is 20.3. The zero-order valence-corrected chi connectivity index (χ0v) is 20.3. The van der Waals surface area contributed by atoms with Crippen LogP contribution in [0.15, 0.2) is 36.4 Å². The molecular formula is C28H36N2O2. The highest BCUT2D eigenvalue weighted by Gasteiger charge is 2.32. The molecule has 0 fully saturated rings. The first-order valence-electron chi connectivity index (χ1n) is 12.0. The maximum Gasteiger partial charge on any atom is 0.254 e. The largest absolute Gasteiger partial charge is 0.338 e. The molecular weight excluding hydrogens is 396 g/mol. The second kappa shape index (κ2) is 8.73. The number of carbonyl (C=O) groups excluding carboxylic acids is 2. The smallest absolute Gasteiger partial charge is 0.254 e. The summed E-state index contributed by atoms with van der Waals surface area (Å²) in [5.41, 5.74) is 6.60. The van der Waals surface area contributed by atoms with E-state index in [2.05, 4.69) is 58.9 Å². The van der Waals surface area contributed by atoms with Crippen LogP contribution < -0.4 is 0 Å². The van der Waals surface area contributed by atoms with Gasteiger partial charge in [0, 0.05) is 36.8 Å². The fraction of sp³-hybridized carbons (Fsp3) is 0.500. The first-order chi connectivity index (χ1) is 15.2. The molecule has 2 aliphatic heterocycles. The first kappa shape index (κ1) is 22.6. The van der Waals surface area contributed by atoms with E-state index in [9.17, 15) is 9.59 Å². The minimum absolute atomic E-state index is 0.128.